The van der Waals surface area contributed by atoms with Gasteiger partial charge in [0.25, 0.3) is 0 Å². The molecule has 218 valence electrons. The van der Waals surface area contributed by atoms with Gasteiger partial charge < -0.3 is 25.2 Å². The van der Waals surface area contributed by atoms with Gasteiger partial charge in [-0.2, -0.15) is 10.4 Å². The second kappa shape index (κ2) is 12.2. The molecular weight excluding hydrogens is 536 g/mol. The second-order valence-corrected chi connectivity index (χ2v) is 10.8. The first-order chi connectivity index (χ1) is 19.9. The van der Waals surface area contributed by atoms with E-state index >= 15 is 0 Å². The fraction of sp³-hybridized carbons (Fsp3) is 0.333. The number of fused-ring (bicyclic) bond motifs is 1. The van der Waals surface area contributed by atoms with Crippen LogP contribution < -0.4 is 20.1 Å². The lowest BCUT2D eigenvalue weighted by atomic mass is 9.82. The average molecular weight is 571 g/mol. The molecule has 4 heterocycles. The van der Waals surface area contributed by atoms with Crippen molar-refractivity contribution in [3.8, 4) is 29.0 Å². The van der Waals surface area contributed by atoms with Crippen LogP contribution in [0.15, 0.2) is 61.5 Å². The maximum absolute atomic E-state index is 13.2. The number of allylic oxidation sites excluding steroid dienone is 1. The molecule has 12 heteroatoms. The number of amides is 1. The van der Waals surface area contributed by atoms with E-state index in [1.165, 1.54) is 13.3 Å². The van der Waals surface area contributed by atoms with E-state index < -0.39 is 11.0 Å². The highest BCUT2D eigenvalue weighted by Gasteiger charge is 2.32. The minimum atomic E-state index is -1.03. The van der Waals surface area contributed by atoms with Crippen LogP contribution in [-0.4, -0.2) is 54.9 Å². The smallest absolute Gasteiger partial charge is 0.230 e. The molecule has 1 amide bonds. The molecule has 4 aromatic rings. The Morgan fingerprint density at radius 1 is 1.14 bits per heavy atom. The van der Waals surface area contributed by atoms with Crippen molar-refractivity contribution >= 4 is 22.9 Å². The quantitative estimate of drug-likeness (QED) is 0.220. The van der Waals surface area contributed by atoms with Crippen LogP contribution in [0.2, 0.25) is 0 Å². The summed E-state index contributed by atoms with van der Waals surface area (Å²) in [6.07, 6.45) is 8.71. The average Bonchev–Trinajstić information content (AvgIpc) is 3.39. The summed E-state index contributed by atoms with van der Waals surface area (Å²) in [5.74, 6) is 1.20. The molecule has 0 aromatic carbocycles. The van der Waals surface area contributed by atoms with E-state index in [1.54, 1.807) is 61.3 Å². The van der Waals surface area contributed by atoms with Crippen LogP contribution in [0.4, 0.5) is 11.5 Å². The highest BCUT2D eigenvalue weighted by molar-refractivity contribution is 5.95. The summed E-state index contributed by atoms with van der Waals surface area (Å²) in [4.78, 5) is 26.3. The highest BCUT2D eigenvalue weighted by atomic mass is 16.5. The van der Waals surface area contributed by atoms with Crippen LogP contribution in [0.25, 0.3) is 16.8 Å². The predicted molar refractivity (Wildman–Crippen MR) is 158 cm³/mol. The number of aromatic nitrogens is 5. The van der Waals surface area contributed by atoms with Gasteiger partial charge in [0.15, 0.2) is 0 Å². The number of nitrogens with one attached hydrogen (secondary N) is 2. The summed E-state index contributed by atoms with van der Waals surface area (Å²) in [6.45, 7) is 11.3. The van der Waals surface area contributed by atoms with Crippen LogP contribution >= 0.6 is 0 Å². The number of carbonyl (C=O) groups is 1. The van der Waals surface area contributed by atoms with Gasteiger partial charge in [0.1, 0.15) is 24.2 Å². The lowest BCUT2D eigenvalue weighted by molar-refractivity contribution is -0.124. The van der Waals surface area contributed by atoms with E-state index in [0.29, 0.717) is 64.0 Å². The van der Waals surface area contributed by atoms with Crippen LogP contribution in [0, 0.1) is 16.7 Å². The monoisotopic (exact) mass is 570 g/mol. The van der Waals surface area contributed by atoms with Crippen molar-refractivity contribution in [2.45, 2.75) is 46.1 Å². The summed E-state index contributed by atoms with van der Waals surface area (Å²) in [7, 11) is 1.53. The number of nitrogens with zero attached hydrogens (tertiary/aromatic N) is 6. The molecule has 12 nitrogen and oxygen atoms in total. The first-order valence-electron chi connectivity index (χ1n) is 13.3. The SMILES string of the molecule is C=C(CC(C)(CC)C(=O)Nc1ccc(OC)nc1)Nc1cnc(-c2cc(OCC(C)(C)O)cn3ncc(C#N)c23)cn1. The van der Waals surface area contributed by atoms with Gasteiger partial charge in [0.05, 0.1) is 71.6 Å². The van der Waals surface area contributed by atoms with Gasteiger partial charge in [0.2, 0.25) is 11.8 Å². The molecule has 0 saturated heterocycles. The number of hydrogen-bond donors (Lipinski definition) is 3. The zero-order valence-electron chi connectivity index (χ0n) is 24.3. The fourth-order valence-electron chi connectivity index (χ4n) is 4.16. The number of nitriles is 1. The van der Waals surface area contributed by atoms with Crippen molar-refractivity contribution in [1.82, 2.24) is 24.6 Å². The van der Waals surface area contributed by atoms with E-state index in [1.807, 2.05) is 13.8 Å². The standard InChI is InChI=1S/C30H34N8O4/c1-7-30(5,28(39)37-21-8-9-26(41-6)34-14-21)11-19(2)36-25-16-32-24(15-33-25)23-10-22(42-18-29(3,4)40)17-38-27(23)20(12-31)13-35-38/h8-10,13-17,40H,2,7,11,18H2,1,3-6H3,(H,33,36)(H,37,39). The van der Waals surface area contributed by atoms with Gasteiger partial charge in [-0.15, -0.1) is 0 Å². The third kappa shape index (κ3) is 7.00. The summed E-state index contributed by atoms with van der Waals surface area (Å²) in [5, 5.41) is 30.0. The molecule has 0 saturated carbocycles. The number of methoxy groups -OCH3 is 1. The lowest BCUT2D eigenvalue weighted by Crippen LogP contribution is -2.34. The Balaban J connectivity index is 1.49. The van der Waals surface area contributed by atoms with Crippen LogP contribution in [-0.2, 0) is 4.79 Å². The zero-order chi connectivity index (χ0) is 30.5. The zero-order valence-corrected chi connectivity index (χ0v) is 24.3. The molecule has 0 aliphatic rings. The van der Waals surface area contributed by atoms with Gasteiger partial charge in [-0.3, -0.25) is 9.78 Å². The third-order valence-corrected chi connectivity index (χ3v) is 6.67. The minimum Gasteiger partial charge on any atom is -0.489 e. The summed E-state index contributed by atoms with van der Waals surface area (Å²) < 4.78 is 12.4. The molecule has 0 fully saturated rings. The van der Waals surface area contributed by atoms with Gasteiger partial charge in [0, 0.05) is 23.7 Å². The van der Waals surface area contributed by atoms with Gasteiger partial charge >= 0.3 is 0 Å². The number of anilines is 2. The predicted octanol–water partition coefficient (Wildman–Crippen LogP) is 4.59. The van der Waals surface area contributed by atoms with Gasteiger partial charge in [-0.1, -0.05) is 20.4 Å². The Morgan fingerprint density at radius 2 is 1.93 bits per heavy atom. The molecule has 0 bridgehead atoms. The number of ether oxygens (including phenoxy) is 2. The lowest BCUT2D eigenvalue weighted by Gasteiger charge is -2.28. The van der Waals surface area contributed by atoms with Gasteiger partial charge in [-0.25, -0.2) is 14.5 Å². The molecule has 1 atom stereocenters. The Bertz CT molecular complexity index is 1620. The molecule has 4 rings (SSSR count). The largest absolute Gasteiger partial charge is 0.489 e. The van der Waals surface area contributed by atoms with Crippen LogP contribution in [0.3, 0.4) is 0 Å². The third-order valence-electron chi connectivity index (χ3n) is 6.67. The molecule has 1 unspecified atom stereocenters. The Labute approximate surface area is 244 Å². The molecular formula is C30H34N8O4. The topological polar surface area (TPSA) is 160 Å². The maximum atomic E-state index is 13.2. The molecule has 0 radical (unpaired) electrons. The molecule has 42 heavy (non-hydrogen) atoms. The number of pyridine rings is 2. The number of carbonyl (C=O) groups excluding carboxylic acids is 1. The van der Waals surface area contributed by atoms with Crippen molar-refractivity contribution in [2.24, 2.45) is 5.41 Å². The minimum absolute atomic E-state index is 0.0622. The van der Waals surface area contributed by atoms with Crippen LogP contribution in [0.5, 0.6) is 11.6 Å². The van der Waals surface area contributed by atoms with E-state index in [2.05, 4.69) is 43.3 Å². The molecule has 3 N–H and O–H groups in total. The van der Waals surface area contributed by atoms with Gasteiger partial charge in [-0.05, 0) is 32.4 Å². The first kappa shape index (κ1) is 30.0. The van der Waals surface area contributed by atoms with E-state index in [0.717, 1.165) is 0 Å². The summed E-state index contributed by atoms with van der Waals surface area (Å²) in [5.41, 5.74) is 1.41. The molecule has 0 aliphatic carbocycles. The summed E-state index contributed by atoms with van der Waals surface area (Å²) >= 11 is 0. The Kier molecular flexibility index (Phi) is 8.73. The molecule has 4 aromatic heterocycles. The second-order valence-electron chi connectivity index (χ2n) is 10.8. The normalized spacial score (nSPS) is 12.7. The Hall–Kier alpha value is -5.02. The van der Waals surface area contributed by atoms with Crippen molar-refractivity contribution in [3.05, 3.63) is 67.0 Å². The highest BCUT2D eigenvalue weighted by Crippen LogP contribution is 2.32. The molecule has 0 aliphatic heterocycles. The van der Waals surface area contributed by atoms with E-state index in [-0.39, 0.29) is 12.5 Å². The van der Waals surface area contributed by atoms with Crippen molar-refractivity contribution in [3.63, 3.8) is 0 Å². The maximum Gasteiger partial charge on any atom is 0.230 e. The number of hydrogen-bond acceptors (Lipinski definition) is 10. The first-order valence-corrected chi connectivity index (χ1v) is 13.3. The van der Waals surface area contributed by atoms with Crippen LogP contribution in [0.1, 0.15) is 46.1 Å². The van der Waals surface area contributed by atoms with E-state index in [9.17, 15) is 15.2 Å². The fourth-order valence-corrected chi connectivity index (χ4v) is 4.16. The van der Waals surface area contributed by atoms with Crippen molar-refractivity contribution in [1.29, 1.82) is 5.26 Å². The Morgan fingerprint density at radius 3 is 2.52 bits per heavy atom. The van der Waals surface area contributed by atoms with E-state index in [4.69, 9.17) is 9.47 Å². The molecule has 0 spiro atoms. The number of aliphatic hydroxyl groups is 1. The van der Waals surface area contributed by atoms with Crippen molar-refractivity contribution in [2.75, 3.05) is 24.4 Å². The number of rotatable bonds is 12. The van der Waals surface area contributed by atoms with Crippen molar-refractivity contribution < 1.29 is 19.4 Å². The summed E-state index contributed by atoms with van der Waals surface area (Å²) in [6, 6.07) is 7.30.